The van der Waals surface area contributed by atoms with Crippen molar-refractivity contribution in [1.29, 1.82) is 0 Å². The number of anilines is 1. The van der Waals surface area contributed by atoms with Crippen LogP contribution in [0.4, 0.5) is 5.69 Å². The molecule has 2 aromatic rings. The molecule has 0 saturated carbocycles. The maximum absolute atomic E-state index is 9.41. The van der Waals surface area contributed by atoms with Crippen LogP contribution in [0.25, 0.3) is 0 Å². The number of nitrogens with two attached hydrogens (primary N) is 1. The van der Waals surface area contributed by atoms with E-state index in [2.05, 4.69) is 24.0 Å². The van der Waals surface area contributed by atoms with Crippen LogP contribution < -0.4 is 5.73 Å². The van der Waals surface area contributed by atoms with E-state index in [9.17, 15) is 5.11 Å². The summed E-state index contributed by atoms with van der Waals surface area (Å²) in [5, 5.41) is 9.41. The third-order valence-corrected chi connectivity index (χ3v) is 6.69. The number of benzene rings is 2. The number of aliphatic hydroxyl groups excluding tert-OH is 1. The fourth-order valence-electron chi connectivity index (χ4n) is 4.78. The molecule has 5 heteroatoms. The van der Waals surface area contributed by atoms with Crippen molar-refractivity contribution in [2.24, 2.45) is 5.92 Å². The predicted molar refractivity (Wildman–Crippen MR) is 123 cm³/mol. The number of aliphatic hydroxyl groups is 1. The van der Waals surface area contributed by atoms with Crippen molar-refractivity contribution in [3.05, 3.63) is 65.2 Å². The van der Waals surface area contributed by atoms with Crippen LogP contribution in [0.15, 0.2) is 48.5 Å². The summed E-state index contributed by atoms with van der Waals surface area (Å²) in [5.74, 6) is 0.211. The lowest BCUT2D eigenvalue weighted by Crippen LogP contribution is -2.45. The van der Waals surface area contributed by atoms with Crippen LogP contribution in [-0.2, 0) is 16.1 Å². The zero-order valence-electron chi connectivity index (χ0n) is 18.6. The lowest BCUT2D eigenvalue weighted by molar-refractivity contribution is -0.276. The monoisotopic (exact) mass is 424 g/mol. The van der Waals surface area contributed by atoms with Gasteiger partial charge in [0.05, 0.1) is 18.8 Å². The molecule has 0 amide bonds. The molecule has 2 aromatic carbocycles. The minimum absolute atomic E-state index is 0.0496. The zero-order chi connectivity index (χ0) is 21.6. The van der Waals surface area contributed by atoms with Gasteiger partial charge in [-0.3, -0.25) is 0 Å². The van der Waals surface area contributed by atoms with Gasteiger partial charge in [0.2, 0.25) is 0 Å². The van der Waals surface area contributed by atoms with Gasteiger partial charge >= 0.3 is 0 Å². The molecule has 2 fully saturated rings. The fraction of sp³-hybridized carbons (Fsp3) is 0.538. The van der Waals surface area contributed by atoms with E-state index in [0.29, 0.717) is 5.69 Å². The van der Waals surface area contributed by atoms with Crippen LogP contribution in [0, 0.1) is 5.92 Å². The molecule has 31 heavy (non-hydrogen) atoms. The fourth-order valence-corrected chi connectivity index (χ4v) is 4.78. The number of nitrogen functional groups attached to an aromatic ring is 1. The molecule has 2 aliphatic rings. The van der Waals surface area contributed by atoms with Crippen molar-refractivity contribution in [1.82, 2.24) is 4.90 Å². The SMILES string of the molecule is C[C@@H]1[C@H](CN2CCCCCCC2)O[C@H](c2cccc(N)c2)O[C@@H]1c1ccc(CO)cc1. The van der Waals surface area contributed by atoms with Gasteiger partial charge < -0.3 is 25.2 Å². The van der Waals surface area contributed by atoms with Crippen LogP contribution in [0.2, 0.25) is 0 Å². The van der Waals surface area contributed by atoms with E-state index in [-0.39, 0.29) is 24.7 Å². The Kier molecular flexibility index (Phi) is 7.62. The molecular formula is C26H36N2O3. The molecule has 168 valence electrons. The Bertz CT molecular complexity index is 818. The summed E-state index contributed by atoms with van der Waals surface area (Å²) in [6.07, 6.45) is 6.10. The van der Waals surface area contributed by atoms with Gasteiger partial charge in [-0.1, -0.05) is 62.6 Å². The molecule has 4 rings (SSSR count). The maximum Gasteiger partial charge on any atom is 0.185 e. The standard InChI is InChI=1S/C26H36N2O3/c1-19-24(17-28-14-5-3-2-4-6-15-28)30-26(22-8-7-9-23(27)16-22)31-25(19)21-12-10-20(18-29)11-13-21/h7-13,16,19,24-26,29H,2-6,14-15,17-18,27H2,1H3/t19-,24+,25+,26+/m1/s1. The Morgan fingerprint density at radius 1 is 0.935 bits per heavy atom. The maximum atomic E-state index is 9.41. The molecule has 2 aliphatic heterocycles. The minimum atomic E-state index is -0.443. The first-order valence-corrected chi connectivity index (χ1v) is 11.7. The Balaban J connectivity index is 1.57. The van der Waals surface area contributed by atoms with E-state index in [0.717, 1.165) is 36.3 Å². The third-order valence-electron chi connectivity index (χ3n) is 6.69. The summed E-state index contributed by atoms with van der Waals surface area (Å²) in [5.41, 5.74) is 9.75. The molecule has 0 bridgehead atoms. The van der Waals surface area contributed by atoms with Crippen LogP contribution >= 0.6 is 0 Å². The molecule has 0 radical (unpaired) electrons. The molecule has 0 spiro atoms. The van der Waals surface area contributed by atoms with Gasteiger partial charge in [-0.2, -0.15) is 0 Å². The van der Waals surface area contributed by atoms with E-state index in [1.54, 1.807) is 0 Å². The first-order chi connectivity index (χ1) is 15.1. The number of rotatable bonds is 5. The van der Waals surface area contributed by atoms with Gasteiger partial charge in [0.15, 0.2) is 6.29 Å². The molecule has 2 saturated heterocycles. The summed E-state index contributed by atoms with van der Waals surface area (Å²) >= 11 is 0. The van der Waals surface area contributed by atoms with E-state index in [4.69, 9.17) is 15.2 Å². The number of ether oxygens (including phenoxy) is 2. The number of hydrogen-bond acceptors (Lipinski definition) is 5. The quantitative estimate of drug-likeness (QED) is 0.674. The second kappa shape index (κ2) is 10.6. The Hall–Kier alpha value is -1.92. The topological polar surface area (TPSA) is 68.0 Å². The molecule has 0 unspecified atom stereocenters. The first-order valence-electron chi connectivity index (χ1n) is 11.7. The predicted octanol–water partition coefficient (Wildman–Crippen LogP) is 4.82. The van der Waals surface area contributed by atoms with Crippen molar-refractivity contribution >= 4 is 5.69 Å². The lowest BCUT2D eigenvalue weighted by Gasteiger charge is -2.43. The first kappa shape index (κ1) is 22.3. The molecule has 4 atom stereocenters. The second-order valence-corrected chi connectivity index (χ2v) is 9.06. The Morgan fingerprint density at radius 3 is 2.32 bits per heavy atom. The highest BCUT2D eigenvalue weighted by atomic mass is 16.7. The zero-order valence-corrected chi connectivity index (χ0v) is 18.6. The van der Waals surface area contributed by atoms with Crippen LogP contribution in [0.1, 0.15) is 68.1 Å². The van der Waals surface area contributed by atoms with Crippen molar-refractivity contribution in [2.75, 3.05) is 25.4 Å². The van der Waals surface area contributed by atoms with Crippen LogP contribution in [0.3, 0.4) is 0 Å². The Labute approximate surface area is 186 Å². The van der Waals surface area contributed by atoms with Gasteiger partial charge in [-0.05, 0) is 49.2 Å². The largest absolute Gasteiger partial charge is 0.399 e. The summed E-state index contributed by atoms with van der Waals surface area (Å²) in [6.45, 7) is 5.50. The summed E-state index contributed by atoms with van der Waals surface area (Å²) in [7, 11) is 0. The van der Waals surface area contributed by atoms with Crippen molar-refractivity contribution in [3.8, 4) is 0 Å². The lowest BCUT2D eigenvalue weighted by atomic mass is 9.89. The highest BCUT2D eigenvalue weighted by molar-refractivity contribution is 5.41. The highest BCUT2D eigenvalue weighted by Crippen LogP contribution is 2.42. The van der Waals surface area contributed by atoms with Crippen molar-refractivity contribution in [3.63, 3.8) is 0 Å². The van der Waals surface area contributed by atoms with E-state index in [1.165, 1.54) is 32.1 Å². The molecule has 0 aromatic heterocycles. The van der Waals surface area contributed by atoms with Crippen LogP contribution in [-0.4, -0.2) is 35.7 Å². The summed E-state index contributed by atoms with van der Waals surface area (Å²) in [6, 6.07) is 15.9. The van der Waals surface area contributed by atoms with Gasteiger partial charge in [0.25, 0.3) is 0 Å². The minimum Gasteiger partial charge on any atom is -0.399 e. The van der Waals surface area contributed by atoms with Crippen molar-refractivity contribution in [2.45, 2.75) is 64.1 Å². The Morgan fingerprint density at radius 2 is 1.65 bits per heavy atom. The summed E-state index contributed by atoms with van der Waals surface area (Å²) in [4.78, 5) is 2.58. The summed E-state index contributed by atoms with van der Waals surface area (Å²) < 4.78 is 13.1. The molecular weight excluding hydrogens is 388 g/mol. The van der Waals surface area contributed by atoms with E-state index in [1.807, 2.05) is 36.4 Å². The number of hydrogen-bond donors (Lipinski definition) is 2. The molecule has 5 nitrogen and oxygen atoms in total. The van der Waals surface area contributed by atoms with Gasteiger partial charge in [-0.15, -0.1) is 0 Å². The third kappa shape index (κ3) is 5.66. The number of nitrogens with zero attached hydrogens (tertiary/aromatic N) is 1. The van der Waals surface area contributed by atoms with E-state index >= 15 is 0 Å². The number of likely N-dealkylation sites (tertiary alicyclic amines) is 1. The normalized spacial score (nSPS) is 28.1. The molecule has 2 heterocycles. The highest BCUT2D eigenvalue weighted by Gasteiger charge is 2.39. The average molecular weight is 425 g/mol. The average Bonchev–Trinajstić information content (AvgIpc) is 2.77. The van der Waals surface area contributed by atoms with Crippen molar-refractivity contribution < 1.29 is 14.6 Å². The smallest absolute Gasteiger partial charge is 0.185 e. The van der Waals surface area contributed by atoms with Gasteiger partial charge in [0.1, 0.15) is 0 Å². The van der Waals surface area contributed by atoms with Gasteiger partial charge in [-0.25, -0.2) is 0 Å². The van der Waals surface area contributed by atoms with Gasteiger partial charge in [0, 0.05) is 23.7 Å². The van der Waals surface area contributed by atoms with E-state index < -0.39 is 6.29 Å². The molecule has 0 aliphatic carbocycles. The molecule has 3 N–H and O–H groups in total. The second-order valence-electron chi connectivity index (χ2n) is 9.06. The van der Waals surface area contributed by atoms with Crippen LogP contribution in [0.5, 0.6) is 0 Å².